The molecule has 1 heterocycles. The number of aryl methyl sites for hydroxylation is 1. The lowest BCUT2D eigenvalue weighted by Crippen LogP contribution is -2.07. The summed E-state index contributed by atoms with van der Waals surface area (Å²) in [6, 6.07) is 1.93. The minimum Gasteiger partial charge on any atom is -0.461 e. The van der Waals surface area contributed by atoms with Gasteiger partial charge in [-0.1, -0.05) is 0 Å². The Balaban J connectivity index is 3.05. The fraction of sp³-hybridized carbons (Fsp3) is 0.462. The van der Waals surface area contributed by atoms with E-state index >= 15 is 0 Å². The highest BCUT2D eigenvalue weighted by molar-refractivity contribution is 6.02. The highest BCUT2D eigenvalue weighted by Crippen LogP contribution is 2.20. The second kappa shape index (κ2) is 6.01. The predicted molar refractivity (Wildman–Crippen MR) is 65.4 cm³/mol. The Kier molecular flexibility index (Phi) is 4.67. The minimum atomic E-state index is -0.461. The van der Waals surface area contributed by atoms with Crippen LogP contribution in [0.2, 0.25) is 0 Å². The summed E-state index contributed by atoms with van der Waals surface area (Å²) in [4.78, 5) is 26.4. The first-order valence-corrected chi connectivity index (χ1v) is 5.79. The quantitative estimate of drug-likeness (QED) is 0.640. The van der Waals surface area contributed by atoms with Gasteiger partial charge in [0.05, 0.1) is 12.7 Å². The lowest BCUT2D eigenvalue weighted by molar-refractivity contribution is 0.0519. The van der Waals surface area contributed by atoms with Gasteiger partial charge in [0.1, 0.15) is 5.69 Å². The van der Waals surface area contributed by atoms with Crippen LogP contribution in [0.25, 0.3) is 0 Å². The zero-order valence-electron chi connectivity index (χ0n) is 10.8. The zero-order valence-corrected chi connectivity index (χ0v) is 10.8. The van der Waals surface area contributed by atoms with Crippen molar-refractivity contribution >= 4 is 11.8 Å². The summed E-state index contributed by atoms with van der Waals surface area (Å²) in [7, 11) is 0. The molecule has 5 nitrogen and oxygen atoms in total. The van der Waals surface area contributed by atoms with E-state index in [-0.39, 0.29) is 25.2 Å². The van der Waals surface area contributed by atoms with Crippen LogP contribution < -0.4 is 0 Å². The summed E-state index contributed by atoms with van der Waals surface area (Å²) in [6.45, 7) is 5.45. The molecule has 0 amide bonds. The molecule has 0 saturated carbocycles. The number of ketones is 1. The molecule has 1 aromatic heterocycles. The number of nitriles is 1. The highest BCUT2D eigenvalue weighted by atomic mass is 16.5. The van der Waals surface area contributed by atoms with Gasteiger partial charge in [-0.25, -0.2) is 4.79 Å². The minimum absolute atomic E-state index is 0.127. The molecule has 0 unspecified atom stereocenters. The first-order chi connectivity index (χ1) is 8.52. The van der Waals surface area contributed by atoms with Crippen LogP contribution in [0.4, 0.5) is 0 Å². The molecule has 1 rings (SSSR count). The van der Waals surface area contributed by atoms with Gasteiger partial charge in [0.15, 0.2) is 5.78 Å². The number of carbonyl (C=O) groups is 2. The van der Waals surface area contributed by atoms with Crippen LogP contribution in [0.1, 0.15) is 51.9 Å². The largest absolute Gasteiger partial charge is 0.461 e. The average molecular weight is 248 g/mol. The number of hydrogen-bond acceptors (Lipinski definition) is 4. The number of ether oxygens (including phenoxy) is 1. The Morgan fingerprint density at radius 1 is 1.39 bits per heavy atom. The monoisotopic (exact) mass is 248 g/mol. The third kappa shape index (κ3) is 2.77. The van der Waals surface area contributed by atoms with Crippen LogP contribution in [-0.4, -0.2) is 23.3 Å². The summed E-state index contributed by atoms with van der Waals surface area (Å²) >= 11 is 0. The van der Waals surface area contributed by atoms with E-state index in [0.29, 0.717) is 22.5 Å². The Bertz CT molecular complexity index is 509. The Labute approximate surface area is 106 Å². The Morgan fingerprint density at radius 3 is 2.61 bits per heavy atom. The van der Waals surface area contributed by atoms with Crippen molar-refractivity contribution in [3.63, 3.8) is 0 Å². The molecular formula is C13H16N2O3. The molecule has 0 fully saturated rings. The van der Waals surface area contributed by atoms with Crippen molar-refractivity contribution < 1.29 is 14.3 Å². The van der Waals surface area contributed by atoms with Crippen molar-refractivity contribution in [3.05, 3.63) is 22.5 Å². The lowest BCUT2D eigenvalue weighted by Gasteiger charge is -2.01. The van der Waals surface area contributed by atoms with Gasteiger partial charge in [0.2, 0.25) is 0 Å². The first-order valence-electron chi connectivity index (χ1n) is 5.79. The maximum Gasteiger partial charge on any atom is 0.355 e. The smallest absolute Gasteiger partial charge is 0.355 e. The average Bonchev–Trinajstić information content (AvgIpc) is 2.62. The van der Waals surface area contributed by atoms with Gasteiger partial charge in [-0.2, -0.15) is 5.26 Å². The second-order valence-corrected chi connectivity index (χ2v) is 3.93. The van der Waals surface area contributed by atoms with Gasteiger partial charge in [-0.15, -0.1) is 0 Å². The van der Waals surface area contributed by atoms with Crippen LogP contribution in [-0.2, 0) is 4.74 Å². The van der Waals surface area contributed by atoms with Gasteiger partial charge in [0, 0.05) is 24.1 Å². The molecule has 1 aromatic rings. The number of hydrogen-bond donors (Lipinski definition) is 1. The van der Waals surface area contributed by atoms with E-state index in [4.69, 9.17) is 10.00 Å². The zero-order chi connectivity index (χ0) is 13.7. The van der Waals surface area contributed by atoms with E-state index in [1.165, 1.54) is 0 Å². The number of esters is 1. The van der Waals surface area contributed by atoms with E-state index in [1.54, 1.807) is 20.8 Å². The molecule has 0 aromatic carbocycles. The van der Waals surface area contributed by atoms with Crippen LogP contribution >= 0.6 is 0 Å². The third-order valence-corrected chi connectivity index (χ3v) is 2.66. The van der Waals surface area contributed by atoms with Gasteiger partial charge >= 0.3 is 5.97 Å². The van der Waals surface area contributed by atoms with Gasteiger partial charge in [-0.05, 0) is 26.3 Å². The summed E-state index contributed by atoms with van der Waals surface area (Å²) in [6.07, 6.45) is 0.343. The number of rotatable bonds is 5. The molecule has 0 atom stereocenters. The number of Topliss-reactive ketones (excluding diaryl/α,β-unsaturated/α-hetero) is 1. The molecule has 0 radical (unpaired) electrons. The van der Waals surface area contributed by atoms with E-state index in [9.17, 15) is 9.59 Å². The number of nitrogens with one attached hydrogen (secondary N) is 1. The van der Waals surface area contributed by atoms with E-state index in [0.717, 1.165) is 0 Å². The van der Waals surface area contributed by atoms with Crippen molar-refractivity contribution in [2.24, 2.45) is 0 Å². The molecule has 0 aliphatic rings. The molecule has 0 saturated heterocycles. The van der Waals surface area contributed by atoms with Crippen molar-refractivity contribution in [1.82, 2.24) is 4.98 Å². The molecule has 18 heavy (non-hydrogen) atoms. The second-order valence-electron chi connectivity index (χ2n) is 3.93. The summed E-state index contributed by atoms with van der Waals surface area (Å²) in [5, 5.41) is 8.48. The number of aromatic nitrogens is 1. The molecule has 96 valence electrons. The highest BCUT2D eigenvalue weighted by Gasteiger charge is 2.22. The molecule has 0 aliphatic heterocycles. The van der Waals surface area contributed by atoms with E-state index in [2.05, 4.69) is 4.98 Å². The van der Waals surface area contributed by atoms with Gasteiger partial charge < -0.3 is 9.72 Å². The molecule has 1 N–H and O–H groups in total. The van der Waals surface area contributed by atoms with Crippen LogP contribution in [0.3, 0.4) is 0 Å². The van der Waals surface area contributed by atoms with Crippen LogP contribution in [0, 0.1) is 25.2 Å². The standard InChI is InChI=1S/C13H16N2O3/c1-4-18-13(17)12-8(2)11(9(3)15-12)10(16)6-5-7-14/h15H,4-6H2,1-3H3. The SMILES string of the molecule is CCOC(=O)c1[nH]c(C)c(C(=O)CCC#N)c1C. The van der Waals surface area contributed by atoms with Gasteiger partial charge in [0.25, 0.3) is 0 Å². The normalized spacial score (nSPS) is 9.89. The lowest BCUT2D eigenvalue weighted by atomic mass is 10.0. The van der Waals surface area contributed by atoms with E-state index in [1.807, 2.05) is 6.07 Å². The fourth-order valence-electron chi connectivity index (χ4n) is 1.87. The molecular weight excluding hydrogens is 232 g/mol. The first kappa shape index (κ1) is 14.0. The number of aromatic amines is 1. The summed E-state index contributed by atoms with van der Waals surface area (Å²) < 4.78 is 4.90. The number of H-pyrrole nitrogens is 1. The third-order valence-electron chi connectivity index (χ3n) is 2.66. The molecule has 0 bridgehead atoms. The summed E-state index contributed by atoms with van der Waals surface area (Å²) in [5.41, 5.74) is 2.04. The molecule has 0 spiro atoms. The van der Waals surface area contributed by atoms with Crippen molar-refractivity contribution in [2.75, 3.05) is 6.61 Å². The van der Waals surface area contributed by atoms with E-state index < -0.39 is 5.97 Å². The topological polar surface area (TPSA) is 83.0 Å². The fourth-order valence-corrected chi connectivity index (χ4v) is 1.87. The summed E-state index contributed by atoms with van der Waals surface area (Å²) in [5.74, 6) is -0.587. The predicted octanol–water partition coefficient (Wildman–Crippen LogP) is 2.29. The maximum atomic E-state index is 11.9. The van der Waals surface area contributed by atoms with Crippen LogP contribution in [0.5, 0.6) is 0 Å². The van der Waals surface area contributed by atoms with Crippen LogP contribution in [0.15, 0.2) is 0 Å². The molecule has 5 heteroatoms. The van der Waals surface area contributed by atoms with Crippen molar-refractivity contribution in [3.8, 4) is 6.07 Å². The molecule has 0 aliphatic carbocycles. The number of nitrogens with zero attached hydrogens (tertiary/aromatic N) is 1. The number of carbonyl (C=O) groups excluding carboxylic acids is 2. The Hall–Kier alpha value is -2.09. The van der Waals surface area contributed by atoms with Crippen molar-refractivity contribution in [2.45, 2.75) is 33.6 Å². The van der Waals surface area contributed by atoms with Crippen molar-refractivity contribution in [1.29, 1.82) is 5.26 Å². The Morgan fingerprint density at radius 2 is 2.06 bits per heavy atom. The maximum absolute atomic E-state index is 11.9. The van der Waals surface area contributed by atoms with Gasteiger partial charge in [-0.3, -0.25) is 4.79 Å².